The highest BCUT2D eigenvalue weighted by Crippen LogP contribution is 2.29. The minimum atomic E-state index is 0.286. The summed E-state index contributed by atoms with van der Waals surface area (Å²) in [4.78, 5) is 23.0. The molecule has 4 rings (SSSR count). The van der Waals surface area contributed by atoms with Gasteiger partial charge in [-0.1, -0.05) is 19.3 Å². The van der Waals surface area contributed by atoms with E-state index in [0.29, 0.717) is 12.5 Å². The van der Waals surface area contributed by atoms with Crippen LogP contribution in [0.25, 0.3) is 11.4 Å². The molecule has 2 aliphatic rings. The molecule has 2 aromatic rings. The molecule has 1 saturated heterocycles. The van der Waals surface area contributed by atoms with Gasteiger partial charge in [0.05, 0.1) is 6.04 Å². The molecule has 26 heavy (non-hydrogen) atoms. The number of carbonyl (C=O) groups excluding carboxylic acids is 1. The molecule has 2 fully saturated rings. The molecule has 1 amide bonds. The van der Waals surface area contributed by atoms with Gasteiger partial charge in [0.1, 0.15) is 5.82 Å². The van der Waals surface area contributed by atoms with Crippen molar-refractivity contribution in [2.24, 2.45) is 0 Å². The fraction of sp³-hybridized carbons (Fsp3) is 0.600. The Morgan fingerprint density at radius 2 is 1.85 bits per heavy atom. The summed E-state index contributed by atoms with van der Waals surface area (Å²) in [5.74, 6) is 2.08. The number of rotatable bonds is 5. The lowest BCUT2D eigenvalue weighted by molar-refractivity contribution is -0.133. The van der Waals surface area contributed by atoms with Crippen molar-refractivity contribution in [1.82, 2.24) is 24.6 Å². The first-order chi connectivity index (χ1) is 12.8. The van der Waals surface area contributed by atoms with Crippen LogP contribution in [0.2, 0.25) is 0 Å². The van der Waals surface area contributed by atoms with Crippen molar-refractivity contribution in [1.29, 1.82) is 0 Å². The van der Waals surface area contributed by atoms with Crippen LogP contribution in [-0.2, 0) is 11.2 Å². The quantitative estimate of drug-likeness (QED) is 0.826. The van der Waals surface area contributed by atoms with Crippen LogP contribution in [0.15, 0.2) is 24.5 Å². The van der Waals surface area contributed by atoms with Gasteiger partial charge in [-0.05, 0) is 37.8 Å². The van der Waals surface area contributed by atoms with E-state index in [1.54, 1.807) is 12.4 Å². The molecule has 0 N–H and O–H groups in total. The monoisotopic (exact) mass is 353 g/mol. The summed E-state index contributed by atoms with van der Waals surface area (Å²) in [7, 11) is 0. The van der Waals surface area contributed by atoms with E-state index in [-0.39, 0.29) is 5.91 Å². The number of likely N-dealkylation sites (tertiary alicyclic amines) is 1. The van der Waals surface area contributed by atoms with E-state index in [0.717, 1.165) is 49.6 Å². The van der Waals surface area contributed by atoms with Crippen molar-refractivity contribution in [3.05, 3.63) is 30.4 Å². The van der Waals surface area contributed by atoms with E-state index in [4.69, 9.17) is 10.1 Å². The van der Waals surface area contributed by atoms with Gasteiger partial charge < -0.3 is 4.90 Å². The van der Waals surface area contributed by atoms with Crippen molar-refractivity contribution in [3.63, 3.8) is 0 Å². The zero-order chi connectivity index (χ0) is 17.8. The molecule has 0 unspecified atom stereocenters. The number of piperidine rings is 1. The van der Waals surface area contributed by atoms with Crippen LogP contribution in [0.3, 0.4) is 0 Å². The van der Waals surface area contributed by atoms with Gasteiger partial charge in [0.25, 0.3) is 0 Å². The third kappa shape index (κ3) is 3.79. The third-order valence-corrected chi connectivity index (χ3v) is 5.59. The van der Waals surface area contributed by atoms with E-state index in [9.17, 15) is 4.79 Å². The van der Waals surface area contributed by atoms with Crippen molar-refractivity contribution >= 4 is 5.91 Å². The Labute approximate surface area is 154 Å². The smallest absolute Gasteiger partial charge is 0.222 e. The average molecular weight is 353 g/mol. The molecule has 0 spiro atoms. The van der Waals surface area contributed by atoms with Gasteiger partial charge in [0.2, 0.25) is 5.91 Å². The number of amides is 1. The maximum Gasteiger partial charge on any atom is 0.222 e. The number of pyridine rings is 1. The third-order valence-electron chi connectivity index (χ3n) is 5.59. The molecule has 3 heterocycles. The zero-order valence-electron chi connectivity index (χ0n) is 15.3. The highest BCUT2D eigenvalue weighted by molar-refractivity contribution is 5.76. The first-order valence-corrected chi connectivity index (χ1v) is 9.95. The molecular formula is C20H27N5O. The summed E-state index contributed by atoms with van der Waals surface area (Å²) in [6, 6.07) is 4.36. The average Bonchev–Trinajstić information content (AvgIpc) is 3.13. The van der Waals surface area contributed by atoms with Gasteiger partial charge in [-0.15, -0.1) is 0 Å². The number of carbonyl (C=O) groups is 1. The van der Waals surface area contributed by atoms with Gasteiger partial charge in [-0.2, -0.15) is 5.10 Å². The number of hydrogen-bond donors (Lipinski definition) is 0. The molecule has 1 aliphatic carbocycles. The van der Waals surface area contributed by atoms with Gasteiger partial charge in [0.15, 0.2) is 5.82 Å². The van der Waals surface area contributed by atoms with Gasteiger partial charge in [-0.25, -0.2) is 9.67 Å². The fourth-order valence-electron chi connectivity index (χ4n) is 4.10. The van der Waals surface area contributed by atoms with E-state index in [2.05, 4.69) is 9.67 Å². The van der Waals surface area contributed by atoms with Crippen LogP contribution in [0.4, 0.5) is 0 Å². The summed E-state index contributed by atoms with van der Waals surface area (Å²) in [6.07, 6.45) is 13.4. The van der Waals surface area contributed by atoms with E-state index in [1.807, 2.05) is 17.0 Å². The molecule has 6 heteroatoms. The Kier molecular flexibility index (Phi) is 5.27. The normalized spacial score (nSPS) is 19.1. The first-order valence-electron chi connectivity index (χ1n) is 9.95. The van der Waals surface area contributed by atoms with E-state index < -0.39 is 0 Å². The lowest BCUT2D eigenvalue weighted by Crippen LogP contribution is -2.37. The van der Waals surface area contributed by atoms with E-state index in [1.165, 1.54) is 32.1 Å². The second-order valence-electron chi connectivity index (χ2n) is 7.41. The topological polar surface area (TPSA) is 63.9 Å². The first kappa shape index (κ1) is 17.2. The molecule has 0 aromatic carbocycles. The number of nitrogens with zero attached hydrogens (tertiary/aromatic N) is 5. The number of aromatic nitrogens is 4. The molecule has 0 radical (unpaired) electrons. The van der Waals surface area contributed by atoms with Crippen LogP contribution in [0, 0.1) is 0 Å². The number of hydrogen-bond acceptors (Lipinski definition) is 4. The largest absolute Gasteiger partial charge is 0.342 e. The molecule has 0 atom stereocenters. The predicted octanol–water partition coefficient (Wildman–Crippen LogP) is 3.40. The molecule has 2 aromatic heterocycles. The van der Waals surface area contributed by atoms with Crippen LogP contribution in [-0.4, -0.2) is 43.6 Å². The Bertz CT molecular complexity index is 736. The highest BCUT2D eigenvalue weighted by Gasteiger charge is 2.23. The van der Waals surface area contributed by atoms with E-state index >= 15 is 0 Å². The Hall–Kier alpha value is -2.24. The minimum Gasteiger partial charge on any atom is -0.342 e. The SMILES string of the molecule is O=C1CCCCN1CCc1nc(-c2ccncc2)nn1C1CCCCC1. The molecular weight excluding hydrogens is 326 g/mol. The summed E-state index contributed by atoms with van der Waals surface area (Å²) < 4.78 is 2.16. The minimum absolute atomic E-state index is 0.286. The van der Waals surface area contributed by atoms with Crippen LogP contribution < -0.4 is 0 Å². The maximum absolute atomic E-state index is 12.1. The van der Waals surface area contributed by atoms with Gasteiger partial charge in [0, 0.05) is 43.9 Å². The molecule has 1 saturated carbocycles. The fourth-order valence-corrected chi connectivity index (χ4v) is 4.10. The van der Waals surface area contributed by atoms with Crippen molar-refractivity contribution in [2.45, 2.75) is 63.8 Å². The molecule has 1 aliphatic heterocycles. The Balaban J connectivity index is 1.56. The second kappa shape index (κ2) is 7.98. The van der Waals surface area contributed by atoms with Gasteiger partial charge in [-0.3, -0.25) is 9.78 Å². The Morgan fingerprint density at radius 1 is 1.04 bits per heavy atom. The summed E-state index contributed by atoms with van der Waals surface area (Å²) in [6.45, 7) is 1.63. The standard InChI is InChI=1S/C20H27N5O/c26-19-8-4-5-14-24(19)15-11-18-22-20(16-9-12-21-13-10-16)23-25(18)17-6-2-1-3-7-17/h9-10,12-13,17H,1-8,11,14-15H2. The van der Waals surface area contributed by atoms with Crippen LogP contribution in [0.1, 0.15) is 63.2 Å². The zero-order valence-corrected chi connectivity index (χ0v) is 15.3. The predicted molar refractivity (Wildman–Crippen MR) is 99.5 cm³/mol. The molecule has 6 nitrogen and oxygen atoms in total. The lowest BCUT2D eigenvalue weighted by Gasteiger charge is -2.27. The van der Waals surface area contributed by atoms with Crippen LogP contribution >= 0.6 is 0 Å². The van der Waals surface area contributed by atoms with Crippen molar-refractivity contribution in [2.75, 3.05) is 13.1 Å². The summed E-state index contributed by atoms with van der Waals surface area (Å²) in [5.41, 5.74) is 1.00. The maximum atomic E-state index is 12.1. The van der Waals surface area contributed by atoms with Gasteiger partial charge >= 0.3 is 0 Å². The lowest BCUT2D eigenvalue weighted by atomic mass is 9.95. The second-order valence-corrected chi connectivity index (χ2v) is 7.41. The van der Waals surface area contributed by atoms with Crippen molar-refractivity contribution < 1.29 is 4.79 Å². The highest BCUT2D eigenvalue weighted by atomic mass is 16.2. The van der Waals surface area contributed by atoms with Crippen molar-refractivity contribution in [3.8, 4) is 11.4 Å². The molecule has 138 valence electrons. The summed E-state index contributed by atoms with van der Waals surface area (Å²) >= 11 is 0. The molecule has 0 bridgehead atoms. The van der Waals surface area contributed by atoms with Crippen LogP contribution in [0.5, 0.6) is 0 Å². The summed E-state index contributed by atoms with van der Waals surface area (Å²) in [5, 5.41) is 4.86. The Morgan fingerprint density at radius 3 is 2.62 bits per heavy atom.